The van der Waals surface area contributed by atoms with Gasteiger partial charge < -0.3 is 14.8 Å². The number of nitrogens with one attached hydrogen (secondary N) is 1. The van der Waals surface area contributed by atoms with Crippen molar-refractivity contribution >= 4 is 5.65 Å². The molecule has 0 aliphatic rings. The molecule has 2 N–H and O–H groups in total. The lowest BCUT2D eigenvalue weighted by Gasteiger charge is -2.18. The van der Waals surface area contributed by atoms with Gasteiger partial charge in [-0.2, -0.15) is 0 Å². The van der Waals surface area contributed by atoms with Crippen LogP contribution in [0.15, 0.2) is 48.8 Å². The molecule has 0 saturated heterocycles. The third-order valence-electron chi connectivity index (χ3n) is 4.21. The van der Waals surface area contributed by atoms with Crippen LogP contribution in [0, 0.1) is 12.7 Å². The van der Waals surface area contributed by atoms with Gasteiger partial charge in [-0.25, -0.2) is 9.37 Å². The minimum atomic E-state index is -0.613. The van der Waals surface area contributed by atoms with Crippen molar-refractivity contribution in [2.24, 2.45) is 0 Å². The van der Waals surface area contributed by atoms with Crippen LogP contribution in [-0.2, 0) is 6.54 Å². The average Bonchev–Trinajstić information content (AvgIpc) is 2.95. The summed E-state index contributed by atoms with van der Waals surface area (Å²) >= 11 is 0. The predicted molar refractivity (Wildman–Crippen MR) is 92.2 cm³/mol. The molecule has 1 aromatic carbocycles. The van der Waals surface area contributed by atoms with Crippen molar-refractivity contribution < 1.29 is 9.50 Å². The number of halogens is 1. The van der Waals surface area contributed by atoms with Crippen molar-refractivity contribution in [2.45, 2.75) is 39.0 Å². The van der Waals surface area contributed by atoms with E-state index in [-0.39, 0.29) is 11.9 Å². The van der Waals surface area contributed by atoms with Crippen molar-refractivity contribution in [1.82, 2.24) is 14.7 Å². The van der Waals surface area contributed by atoms with E-state index >= 15 is 0 Å². The van der Waals surface area contributed by atoms with Gasteiger partial charge in [-0.15, -0.1) is 0 Å². The summed E-state index contributed by atoms with van der Waals surface area (Å²) in [5, 5.41) is 13.7. The molecule has 0 radical (unpaired) electrons. The summed E-state index contributed by atoms with van der Waals surface area (Å²) in [5.41, 5.74) is 3.93. The van der Waals surface area contributed by atoms with Gasteiger partial charge in [-0.1, -0.05) is 12.1 Å². The molecule has 3 aromatic rings. The molecule has 5 heteroatoms. The monoisotopic (exact) mass is 327 g/mol. The van der Waals surface area contributed by atoms with Crippen molar-refractivity contribution in [1.29, 1.82) is 0 Å². The second-order valence-electron chi connectivity index (χ2n) is 6.27. The highest BCUT2D eigenvalue weighted by Crippen LogP contribution is 2.19. The highest BCUT2D eigenvalue weighted by atomic mass is 19.1. The topological polar surface area (TPSA) is 49.6 Å². The lowest BCUT2D eigenvalue weighted by molar-refractivity contribution is 0.153. The molecule has 126 valence electrons. The maximum Gasteiger partial charge on any atom is 0.137 e. The smallest absolute Gasteiger partial charge is 0.137 e. The molecule has 2 aromatic heterocycles. The number of pyridine rings is 1. The molecule has 0 spiro atoms. The summed E-state index contributed by atoms with van der Waals surface area (Å²) in [6.07, 6.45) is 3.83. The molecular weight excluding hydrogens is 305 g/mol. The Morgan fingerprint density at radius 2 is 2.00 bits per heavy atom. The molecule has 24 heavy (non-hydrogen) atoms. The number of aromatic nitrogens is 2. The minimum absolute atomic E-state index is 0.112. The molecule has 2 heterocycles. The average molecular weight is 327 g/mol. The van der Waals surface area contributed by atoms with Crippen LogP contribution in [0.2, 0.25) is 0 Å². The number of hydrogen-bond acceptors (Lipinski definition) is 3. The number of hydrogen-bond donors (Lipinski definition) is 2. The van der Waals surface area contributed by atoms with Crippen LogP contribution in [0.25, 0.3) is 5.65 Å². The van der Waals surface area contributed by atoms with Crippen molar-refractivity contribution in [3.05, 3.63) is 71.4 Å². The van der Waals surface area contributed by atoms with Gasteiger partial charge in [0.1, 0.15) is 11.5 Å². The summed E-state index contributed by atoms with van der Waals surface area (Å²) in [4.78, 5) is 4.41. The van der Waals surface area contributed by atoms with E-state index in [1.165, 1.54) is 17.7 Å². The molecule has 2 unspecified atom stereocenters. The summed E-state index contributed by atoms with van der Waals surface area (Å²) in [5.74, 6) is -0.292. The SMILES string of the molecule is Cc1ccn2c(CNC(C)CC(O)c3ccc(F)cc3)cnc2c1. The third-order valence-corrected chi connectivity index (χ3v) is 4.21. The summed E-state index contributed by atoms with van der Waals surface area (Å²) in [7, 11) is 0. The number of aliphatic hydroxyl groups is 1. The molecule has 0 bridgehead atoms. The standard InChI is InChI=1S/C19H22FN3O/c1-13-7-8-23-17(12-22-19(23)9-13)11-21-14(2)10-18(24)15-3-5-16(20)6-4-15/h3-9,12,14,18,21,24H,10-11H2,1-2H3. The fourth-order valence-electron chi connectivity index (χ4n) is 2.78. The van der Waals surface area contributed by atoms with Crippen LogP contribution in [0.4, 0.5) is 4.39 Å². The Balaban J connectivity index is 1.58. The highest BCUT2D eigenvalue weighted by Gasteiger charge is 2.13. The maximum atomic E-state index is 12.9. The van der Waals surface area contributed by atoms with Crippen molar-refractivity contribution in [3.8, 4) is 0 Å². The van der Waals surface area contributed by atoms with Crippen LogP contribution in [-0.4, -0.2) is 20.5 Å². The number of benzene rings is 1. The zero-order valence-electron chi connectivity index (χ0n) is 13.9. The molecule has 0 fully saturated rings. The molecule has 0 aliphatic heterocycles. The van der Waals surface area contributed by atoms with E-state index in [1.54, 1.807) is 12.1 Å². The fraction of sp³-hybridized carbons (Fsp3) is 0.316. The highest BCUT2D eigenvalue weighted by molar-refractivity contribution is 5.42. The first-order chi connectivity index (χ1) is 11.5. The Bertz CT molecular complexity index is 813. The normalized spacial score (nSPS) is 14.0. The van der Waals surface area contributed by atoms with Gasteiger partial charge >= 0.3 is 0 Å². The zero-order chi connectivity index (χ0) is 17.1. The van der Waals surface area contributed by atoms with Crippen LogP contribution >= 0.6 is 0 Å². The Hall–Kier alpha value is -2.24. The number of aryl methyl sites for hydroxylation is 1. The number of fused-ring (bicyclic) bond motifs is 1. The number of imidazole rings is 1. The molecule has 0 amide bonds. The third kappa shape index (κ3) is 3.80. The Labute approximate surface area is 141 Å². The lowest BCUT2D eigenvalue weighted by Crippen LogP contribution is -2.28. The van der Waals surface area contributed by atoms with E-state index in [0.29, 0.717) is 13.0 Å². The van der Waals surface area contributed by atoms with Gasteiger partial charge in [0, 0.05) is 18.8 Å². The van der Waals surface area contributed by atoms with Crippen LogP contribution in [0.3, 0.4) is 0 Å². The van der Waals surface area contributed by atoms with Crippen molar-refractivity contribution in [2.75, 3.05) is 0 Å². The van der Waals surface area contributed by atoms with Gasteiger partial charge in [0.05, 0.1) is 18.0 Å². The number of rotatable bonds is 6. The Kier molecular flexibility index (Phi) is 4.92. The molecule has 2 atom stereocenters. The first-order valence-corrected chi connectivity index (χ1v) is 8.12. The van der Waals surface area contributed by atoms with Gasteiger partial charge in [-0.05, 0) is 55.7 Å². The summed E-state index contributed by atoms with van der Waals surface area (Å²) < 4.78 is 15.0. The van der Waals surface area contributed by atoms with Gasteiger partial charge in [0.2, 0.25) is 0 Å². The second kappa shape index (κ2) is 7.11. The maximum absolute atomic E-state index is 12.9. The molecule has 3 rings (SSSR count). The quantitative estimate of drug-likeness (QED) is 0.730. The fourth-order valence-corrected chi connectivity index (χ4v) is 2.78. The van der Waals surface area contributed by atoms with Crippen LogP contribution < -0.4 is 5.32 Å². The molecule has 4 nitrogen and oxygen atoms in total. The zero-order valence-corrected chi connectivity index (χ0v) is 13.9. The van der Waals surface area contributed by atoms with E-state index in [1.807, 2.05) is 32.3 Å². The molecule has 0 saturated carbocycles. The van der Waals surface area contributed by atoms with E-state index in [9.17, 15) is 9.50 Å². The largest absolute Gasteiger partial charge is 0.388 e. The van der Waals surface area contributed by atoms with Crippen molar-refractivity contribution in [3.63, 3.8) is 0 Å². The van der Waals surface area contributed by atoms with Crippen LogP contribution in [0.5, 0.6) is 0 Å². The van der Waals surface area contributed by atoms with Gasteiger partial charge in [-0.3, -0.25) is 0 Å². The van der Waals surface area contributed by atoms with E-state index in [2.05, 4.69) is 20.8 Å². The second-order valence-corrected chi connectivity index (χ2v) is 6.27. The van der Waals surface area contributed by atoms with Gasteiger partial charge in [0.15, 0.2) is 0 Å². The van der Waals surface area contributed by atoms with E-state index in [4.69, 9.17) is 0 Å². The Morgan fingerprint density at radius 1 is 1.25 bits per heavy atom. The summed E-state index contributed by atoms with van der Waals surface area (Å²) in [6, 6.07) is 10.2. The van der Waals surface area contributed by atoms with E-state index in [0.717, 1.165) is 16.9 Å². The Morgan fingerprint density at radius 3 is 2.75 bits per heavy atom. The molecule has 0 aliphatic carbocycles. The first-order valence-electron chi connectivity index (χ1n) is 8.12. The molecular formula is C19H22FN3O. The number of aliphatic hydroxyl groups excluding tert-OH is 1. The predicted octanol–water partition coefficient (Wildman–Crippen LogP) is 3.38. The van der Waals surface area contributed by atoms with Gasteiger partial charge in [0.25, 0.3) is 0 Å². The summed E-state index contributed by atoms with van der Waals surface area (Å²) in [6.45, 7) is 4.74. The van der Waals surface area contributed by atoms with Crippen LogP contribution in [0.1, 0.15) is 36.3 Å². The first kappa shape index (κ1) is 16.6. The number of nitrogens with zero attached hydrogens (tertiary/aromatic N) is 2. The minimum Gasteiger partial charge on any atom is -0.388 e. The van der Waals surface area contributed by atoms with E-state index < -0.39 is 6.10 Å². The lowest BCUT2D eigenvalue weighted by atomic mass is 10.0.